The van der Waals surface area contributed by atoms with E-state index < -0.39 is 15.6 Å². The minimum Gasteiger partial charge on any atom is -0.272 e. The van der Waals surface area contributed by atoms with Crippen LogP contribution in [0.3, 0.4) is 0 Å². The van der Waals surface area contributed by atoms with Gasteiger partial charge in [-0.15, -0.1) is 0 Å². The molecule has 8 heteroatoms. The Morgan fingerprint density at radius 2 is 2.08 bits per heavy atom. The summed E-state index contributed by atoms with van der Waals surface area (Å²) in [6, 6.07) is 5.42. The summed E-state index contributed by atoms with van der Waals surface area (Å²) in [5.41, 5.74) is 1.51. The predicted octanol–water partition coefficient (Wildman–Crippen LogP) is 2.99. The van der Waals surface area contributed by atoms with Crippen LogP contribution >= 0.6 is 0 Å². The number of aromatic nitrogens is 4. The topological polar surface area (TPSA) is 90.1 Å². The third-order valence-corrected chi connectivity index (χ3v) is 7.08. The standard InChI is InChI=1S/C18H19N5O2S/c1-13(24)22-26(25,11-14-3-2-4-14)17-5-6-18-15(7-17)10-23(21-18)16-8-19-12-20-9-16/h5-10,12,14H,2-4,11H2,1H3. The summed E-state index contributed by atoms with van der Waals surface area (Å²) in [5.74, 6) is 0.427. The van der Waals surface area contributed by atoms with E-state index in [0.717, 1.165) is 35.9 Å². The molecule has 0 radical (unpaired) electrons. The molecule has 7 nitrogen and oxygen atoms in total. The molecular formula is C18H19N5O2S. The molecule has 1 aliphatic rings. The maximum Gasteiger partial charge on any atom is 0.250 e. The lowest BCUT2D eigenvalue weighted by atomic mass is 9.87. The van der Waals surface area contributed by atoms with E-state index >= 15 is 0 Å². The van der Waals surface area contributed by atoms with Gasteiger partial charge in [-0.05, 0) is 37.0 Å². The summed E-state index contributed by atoms with van der Waals surface area (Å²) >= 11 is 0. The summed E-state index contributed by atoms with van der Waals surface area (Å²) in [7, 11) is -2.76. The Labute approximate surface area is 151 Å². The second-order valence-electron chi connectivity index (χ2n) is 6.61. The van der Waals surface area contributed by atoms with E-state index in [0.29, 0.717) is 16.6 Å². The number of amides is 1. The Morgan fingerprint density at radius 1 is 1.31 bits per heavy atom. The molecule has 2 heterocycles. The van der Waals surface area contributed by atoms with Crippen LogP contribution in [0.5, 0.6) is 0 Å². The third-order valence-electron chi connectivity index (χ3n) is 4.62. The highest BCUT2D eigenvalue weighted by molar-refractivity contribution is 7.94. The smallest absolute Gasteiger partial charge is 0.250 e. The highest BCUT2D eigenvalue weighted by Crippen LogP contribution is 2.31. The molecule has 4 rings (SSSR count). The molecule has 1 aliphatic carbocycles. The Hall–Kier alpha value is -2.61. The second-order valence-corrected chi connectivity index (χ2v) is 8.87. The Balaban J connectivity index is 1.77. The van der Waals surface area contributed by atoms with E-state index in [-0.39, 0.29) is 0 Å². The molecular weight excluding hydrogens is 350 g/mol. The monoisotopic (exact) mass is 369 g/mol. The van der Waals surface area contributed by atoms with Crippen molar-refractivity contribution in [3.05, 3.63) is 43.1 Å². The molecule has 0 bridgehead atoms. The molecule has 1 atom stereocenters. The largest absolute Gasteiger partial charge is 0.272 e. The molecule has 2 aromatic heterocycles. The van der Waals surface area contributed by atoms with Crippen LogP contribution in [0.1, 0.15) is 26.2 Å². The molecule has 26 heavy (non-hydrogen) atoms. The van der Waals surface area contributed by atoms with Crippen molar-refractivity contribution in [2.45, 2.75) is 31.1 Å². The first-order valence-electron chi connectivity index (χ1n) is 8.54. The number of hydrogen-bond acceptors (Lipinski definition) is 5. The maximum atomic E-state index is 13.5. The van der Waals surface area contributed by atoms with E-state index in [1.54, 1.807) is 23.1 Å². The maximum absolute atomic E-state index is 13.5. The van der Waals surface area contributed by atoms with E-state index in [1.807, 2.05) is 18.3 Å². The minimum atomic E-state index is -2.76. The molecule has 0 aliphatic heterocycles. The van der Waals surface area contributed by atoms with Crippen molar-refractivity contribution in [1.29, 1.82) is 0 Å². The van der Waals surface area contributed by atoms with Gasteiger partial charge in [0.25, 0.3) is 5.91 Å². The molecule has 0 spiro atoms. The minimum absolute atomic E-state index is 0.380. The van der Waals surface area contributed by atoms with Crippen LogP contribution in [-0.4, -0.2) is 35.6 Å². The fourth-order valence-corrected chi connectivity index (χ4v) is 5.47. The number of fused-ring (bicyclic) bond motifs is 1. The highest BCUT2D eigenvalue weighted by Gasteiger charge is 2.25. The Bertz CT molecular complexity index is 1080. The molecule has 134 valence electrons. The van der Waals surface area contributed by atoms with E-state index in [1.165, 1.54) is 13.3 Å². The SMILES string of the molecule is CC(=O)N=S(=O)(CC1CCC1)c1ccc2nn(-c3cncnc3)cc2c1. The average molecular weight is 369 g/mol. The molecule has 0 N–H and O–H groups in total. The van der Waals surface area contributed by atoms with Crippen molar-refractivity contribution in [2.24, 2.45) is 10.3 Å². The van der Waals surface area contributed by atoms with Crippen LogP contribution in [0.4, 0.5) is 0 Å². The van der Waals surface area contributed by atoms with Crippen LogP contribution in [-0.2, 0) is 14.5 Å². The van der Waals surface area contributed by atoms with E-state index in [9.17, 15) is 9.00 Å². The lowest BCUT2D eigenvalue weighted by Gasteiger charge is -2.26. The van der Waals surface area contributed by atoms with Crippen LogP contribution in [0.15, 0.2) is 52.4 Å². The van der Waals surface area contributed by atoms with Gasteiger partial charge in [0.2, 0.25) is 0 Å². The van der Waals surface area contributed by atoms with E-state index in [2.05, 4.69) is 19.4 Å². The zero-order valence-corrected chi connectivity index (χ0v) is 15.2. The Morgan fingerprint density at radius 3 is 2.73 bits per heavy atom. The second kappa shape index (κ2) is 6.60. The van der Waals surface area contributed by atoms with Crippen molar-refractivity contribution in [1.82, 2.24) is 19.7 Å². The van der Waals surface area contributed by atoms with E-state index in [4.69, 9.17) is 0 Å². The molecule has 1 saturated carbocycles. The number of rotatable bonds is 4. The summed E-state index contributed by atoms with van der Waals surface area (Å²) in [6.07, 6.45) is 9.91. The van der Waals surface area contributed by atoms with Gasteiger partial charge in [0.05, 0.1) is 27.6 Å². The summed E-state index contributed by atoms with van der Waals surface area (Å²) in [6.45, 7) is 1.35. The molecule has 3 aromatic rings. The van der Waals surface area contributed by atoms with Gasteiger partial charge in [-0.2, -0.15) is 9.46 Å². The first-order valence-corrected chi connectivity index (χ1v) is 10.2. The van der Waals surface area contributed by atoms with Gasteiger partial charge in [0, 0.05) is 29.2 Å². The number of benzene rings is 1. The van der Waals surface area contributed by atoms with Gasteiger partial charge in [-0.25, -0.2) is 18.9 Å². The summed E-state index contributed by atoms with van der Waals surface area (Å²) < 4.78 is 19.2. The fraction of sp³-hybridized carbons (Fsp3) is 0.333. The zero-order chi connectivity index (χ0) is 18.1. The summed E-state index contributed by atoms with van der Waals surface area (Å²) in [5, 5.41) is 5.34. The van der Waals surface area contributed by atoms with Crippen molar-refractivity contribution >= 4 is 26.5 Å². The van der Waals surface area contributed by atoms with Crippen LogP contribution in [0.2, 0.25) is 0 Å². The van der Waals surface area contributed by atoms with Gasteiger partial charge in [0.1, 0.15) is 12.0 Å². The fourth-order valence-electron chi connectivity index (χ4n) is 3.12. The Kier molecular flexibility index (Phi) is 4.28. The molecule has 1 unspecified atom stereocenters. The van der Waals surface area contributed by atoms with Crippen LogP contribution < -0.4 is 0 Å². The summed E-state index contributed by atoms with van der Waals surface area (Å²) in [4.78, 5) is 20.2. The van der Waals surface area contributed by atoms with Crippen molar-refractivity contribution in [3.8, 4) is 5.69 Å². The number of carbonyl (C=O) groups is 1. The number of hydrogen-bond donors (Lipinski definition) is 0. The van der Waals surface area contributed by atoms with Gasteiger partial charge >= 0.3 is 0 Å². The quantitative estimate of drug-likeness (QED) is 0.705. The van der Waals surface area contributed by atoms with Crippen LogP contribution in [0, 0.1) is 5.92 Å². The van der Waals surface area contributed by atoms with Gasteiger partial charge in [0.15, 0.2) is 0 Å². The molecule has 1 fully saturated rings. The molecule has 1 aromatic carbocycles. The van der Waals surface area contributed by atoms with Gasteiger partial charge in [-0.1, -0.05) is 6.42 Å². The zero-order valence-electron chi connectivity index (χ0n) is 14.4. The van der Waals surface area contributed by atoms with Gasteiger partial charge < -0.3 is 0 Å². The number of carbonyl (C=O) groups excluding carboxylic acids is 1. The van der Waals surface area contributed by atoms with Gasteiger partial charge in [-0.3, -0.25) is 4.79 Å². The first-order chi connectivity index (χ1) is 12.5. The van der Waals surface area contributed by atoms with Crippen molar-refractivity contribution < 1.29 is 9.00 Å². The molecule has 0 saturated heterocycles. The first kappa shape index (κ1) is 16.8. The predicted molar refractivity (Wildman–Crippen MR) is 98.4 cm³/mol. The van der Waals surface area contributed by atoms with Crippen molar-refractivity contribution in [3.63, 3.8) is 0 Å². The highest BCUT2D eigenvalue weighted by atomic mass is 32.2. The number of nitrogens with zero attached hydrogens (tertiary/aromatic N) is 5. The lowest BCUT2D eigenvalue weighted by molar-refractivity contribution is -0.115. The van der Waals surface area contributed by atoms with Crippen LogP contribution in [0.25, 0.3) is 16.6 Å². The third kappa shape index (κ3) is 3.24. The van der Waals surface area contributed by atoms with Crippen molar-refractivity contribution in [2.75, 3.05) is 5.75 Å². The normalized spacial score (nSPS) is 16.8. The lowest BCUT2D eigenvalue weighted by Crippen LogP contribution is -2.22. The molecule has 1 amide bonds. The average Bonchev–Trinajstić information content (AvgIpc) is 3.02.